The van der Waals surface area contributed by atoms with E-state index in [0.29, 0.717) is 12.8 Å². The third kappa shape index (κ3) is 1.61. The lowest BCUT2D eigenvalue weighted by Gasteiger charge is -2.29. The Kier molecular flexibility index (Phi) is 2.56. The van der Waals surface area contributed by atoms with E-state index in [2.05, 4.69) is 21.2 Å². The van der Waals surface area contributed by atoms with Crippen LogP contribution in [0, 0.1) is 5.41 Å². The van der Waals surface area contributed by atoms with Gasteiger partial charge in [-0.1, -0.05) is 0 Å². The van der Waals surface area contributed by atoms with E-state index >= 15 is 0 Å². The fourth-order valence-corrected chi connectivity index (χ4v) is 3.49. The van der Waals surface area contributed by atoms with Crippen LogP contribution in [0.5, 0.6) is 0 Å². The Bertz CT molecular complexity index is 564. The molecular weight excluding hydrogens is 320 g/mol. The van der Waals surface area contributed by atoms with Gasteiger partial charge in [-0.05, 0) is 40.2 Å². The molecule has 0 unspecified atom stereocenters. The van der Waals surface area contributed by atoms with Crippen molar-refractivity contribution < 1.29 is 14.4 Å². The number of hydrogen-bond acceptors (Lipinski definition) is 4. The van der Waals surface area contributed by atoms with E-state index in [1.54, 1.807) is 0 Å². The molecular formula is C11H9BrN2O3S. The fraction of sp³-hybridized carbons (Fsp3) is 0.364. The zero-order chi connectivity index (χ0) is 12.9. The Morgan fingerprint density at radius 1 is 1.39 bits per heavy atom. The van der Waals surface area contributed by atoms with Crippen LogP contribution in [0.15, 0.2) is 15.9 Å². The molecule has 7 heteroatoms. The van der Waals surface area contributed by atoms with Gasteiger partial charge in [0.05, 0.1) is 6.54 Å². The Balaban J connectivity index is 1.87. The second-order valence-corrected chi connectivity index (χ2v) is 6.28. The lowest BCUT2D eigenvalue weighted by atomic mass is 10.0. The van der Waals surface area contributed by atoms with Crippen LogP contribution in [0.4, 0.5) is 4.79 Å². The summed E-state index contributed by atoms with van der Waals surface area (Å²) in [5.74, 6) is -0.810. The molecule has 3 rings (SSSR count). The Morgan fingerprint density at radius 3 is 2.67 bits per heavy atom. The number of barbiturate groups is 1. The number of carbonyl (C=O) groups excluding carboxylic acids is 3. The van der Waals surface area contributed by atoms with Gasteiger partial charge in [0, 0.05) is 9.35 Å². The number of thiophene rings is 1. The van der Waals surface area contributed by atoms with E-state index in [1.807, 2.05) is 11.4 Å². The summed E-state index contributed by atoms with van der Waals surface area (Å²) in [5, 5.41) is 4.14. The van der Waals surface area contributed by atoms with Crippen LogP contribution in [-0.4, -0.2) is 22.7 Å². The van der Waals surface area contributed by atoms with Gasteiger partial charge in [-0.25, -0.2) is 4.79 Å². The second kappa shape index (κ2) is 3.89. The molecule has 1 saturated carbocycles. The number of rotatable bonds is 2. The van der Waals surface area contributed by atoms with Crippen LogP contribution in [0.25, 0.3) is 0 Å². The maximum absolute atomic E-state index is 12.2. The molecule has 0 aromatic carbocycles. The second-order valence-electron chi connectivity index (χ2n) is 4.42. The van der Waals surface area contributed by atoms with Crippen LogP contribution in [0.1, 0.15) is 17.7 Å². The molecule has 2 heterocycles. The quantitative estimate of drug-likeness (QED) is 0.843. The van der Waals surface area contributed by atoms with Gasteiger partial charge in [0.15, 0.2) is 0 Å². The first-order chi connectivity index (χ1) is 8.54. The van der Waals surface area contributed by atoms with Crippen LogP contribution < -0.4 is 5.32 Å². The van der Waals surface area contributed by atoms with Gasteiger partial charge >= 0.3 is 6.03 Å². The van der Waals surface area contributed by atoms with Crippen molar-refractivity contribution in [1.29, 1.82) is 0 Å². The molecule has 4 amide bonds. The highest BCUT2D eigenvalue weighted by atomic mass is 79.9. The van der Waals surface area contributed by atoms with Crippen molar-refractivity contribution in [3.05, 3.63) is 20.8 Å². The molecule has 2 fully saturated rings. The molecule has 5 nitrogen and oxygen atoms in total. The van der Waals surface area contributed by atoms with Crippen LogP contribution in [-0.2, 0) is 16.1 Å². The molecule has 94 valence electrons. The molecule has 1 aromatic rings. The first-order valence-electron chi connectivity index (χ1n) is 5.44. The number of carbonyl (C=O) groups is 3. The zero-order valence-electron chi connectivity index (χ0n) is 9.23. The average Bonchev–Trinajstić information content (AvgIpc) is 3.03. The summed E-state index contributed by atoms with van der Waals surface area (Å²) in [6, 6.07) is 1.24. The normalized spacial score (nSPS) is 21.4. The Morgan fingerprint density at radius 2 is 2.11 bits per heavy atom. The van der Waals surface area contributed by atoms with Crippen LogP contribution in [0.2, 0.25) is 0 Å². The van der Waals surface area contributed by atoms with Crippen molar-refractivity contribution in [1.82, 2.24) is 10.2 Å². The van der Waals surface area contributed by atoms with E-state index in [4.69, 9.17) is 0 Å². The topological polar surface area (TPSA) is 66.5 Å². The first-order valence-corrected chi connectivity index (χ1v) is 7.11. The Hall–Kier alpha value is -1.21. The summed E-state index contributed by atoms with van der Waals surface area (Å²) in [5.41, 5.74) is -0.961. The lowest BCUT2D eigenvalue weighted by molar-refractivity contribution is -0.145. The largest absolute Gasteiger partial charge is 0.331 e. The fourth-order valence-electron chi connectivity index (χ4n) is 2.02. The van der Waals surface area contributed by atoms with Crippen molar-refractivity contribution in [2.45, 2.75) is 19.4 Å². The van der Waals surface area contributed by atoms with Gasteiger partial charge in [-0.3, -0.25) is 19.8 Å². The molecule has 18 heavy (non-hydrogen) atoms. The summed E-state index contributed by atoms with van der Waals surface area (Å²) in [6.45, 7) is 0.206. The van der Waals surface area contributed by atoms with Gasteiger partial charge in [-0.15, -0.1) is 11.3 Å². The summed E-state index contributed by atoms with van der Waals surface area (Å²) in [6.07, 6.45) is 1.07. The molecule has 1 saturated heterocycles. The molecule has 1 aliphatic heterocycles. The number of amides is 4. The molecule has 1 aliphatic carbocycles. The summed E-state index contributed by atoms with van der Waals surface area (Å²) in [7, 11) is 0. The summed E-state index contributed by atoms with van der Waals surface area (Å²) in [4.78, 5) is 37.6. The van der Waals surface area contributed by atoms with Gasteiger partial charge in [0.25, 0.3) is 0 Å². The van der Waals surface area contributed by atoms with Crippen molar-refractivity contribution in [3.8, 4) is 0 Å². The summed E-state index contributed by atoms with van der Waals surface area (Å²) >= 11 is 4.83. The number of halogens is 1. The van der Waals surface area contributed by atoms with Crippen LogP contribution >= 0.6 is 27.3 Å². The molecule has 2 aliphatic rings. The molecule has 0 bridgehead atoms. The average molecular weight is 329 g/mol. The van der Waals surface area contributed by atoms with E-state index in [9.17, 15) is 14.4 Å². The van der Waals surface area contributed by atoms with Crippen molar-refractivity contribution >= 4 is 45.1 Å². The number of nitrogens with one attached hydrogen (secondary N) is 1. The van der Waals surface area contributed by atoms with Gasteiger partial charge < -0.3 is 0 Å². The predicted octanol–water partition coefficient (Wildman–Crippen LogP) is 1.87. The third-order valence-electron chi connectivity index (χ3n) is 3.30. The molecule has 0 atom stereocenters. The maximum atomic E-state index is 12.2. The minimum absolute atomic E-state index is 0.206. The SMILES string of the molecule is O=C1NC(=O)C2(CC2)C(=O)N1Cc1sccc1Br. The highest BCUT2D eigenvalue weighted by Gasteiger charge is 2.62. The zero-order valence-corrected chi connectivity index (χ0v) is 11.6. The van der Waals surface area contributed by atoms with E-state index in [-0.39, 0.29) is 12.5 Å². The monoisotopic (exact) mass is 328 g/mol. The van der Waals surface area contributed by atoms with Crippen LogP contribution in [0.3, 0.4) is 0 Å². The van der Waals surface area contributed by atoms with E-state index < -0.39 is 17.4 Å². The van der Waals surface area contributed by atoms with E-state index in [0.717, 1.165) is 14.2 Å². The van der Waals surface area contributed by atoms with E-state index in [1.165, 1.54) is 11.3 Å². The predicted molar refractivity (Wildman–Crippen MR) is 67.8 cm³/mol. The first kappa shape index (κ1) is 11.9. The number of nitrogens with zero attached hydrogens (tertiary/aromatic N) is 1. The summed E-state index contributed by atoms with van der Waals surface area (Å²) < 4.78 is 0.870. The standard InChI is InChI=1S/C11H9BrN2O3S/c12-6-1-4-18-7(6)5-14-9(16)11(2-3-11)8(15)13-10(14)17/h1,4H,2-3,5H2,(H,13,15,17). The molecule has 1 spiro atoms. The minimum Gasteiger partial charge on any atom is -0.277 e. The van der Waals surface area contributed by atoms with Crippen molar-refractivity contribution in [3.63, 3.8) is 0 Å². The highest BCUT2D eigenvalue weighted by Crippen LogP contribution is 2.49. The maximum Gasteiger partial charge on any atom is 0.331 e. The van der Waals surface area contributed by atoms with Gasteiger partial charge in [0.1, 0.15) is 5.41 Å². The molecule has 0 radical (unpaired) electrons. The number of imide groups is 2. The van der Waals surface area contributed by atoms with Crippen molar-refractivity contribution in [2.24, 2.45) is 5.41 Å². The van der Waals surface area contributed by atoms with Crippen molar-refractivity contribution in [2.75, 3.05) is 0 Å². The smallest absolute Gasteiger partial charge is 0.277 e. The number of urea groups is 1. The number of hydrogen-bond donors (Lipinski definition) is 1. The Labute approximate surface area is 115 Å². The highest BCUT2D eigenvalue weighted by molar-refractivity contribution is 9.10. The lowest BCUT2D eigenvalue weighted by Crippen LogP contribution is -2.58. The third-order valence-corrected chi connectivity index (χ3v) is 5.21. The van der Waals surface area contributed by atoms with Gasteiger partial charge in [-0.2, -0.15) is 0 Å². The molecule has 1 N–H and O–H groups in total. The molecule has 1 aromatic heterocycles. The minimum atomic E-state index is -0.961. The van der Waals surface area contributed by atoms with Gasteiger partial charge in [0.2, 0.25) is 11.8 Å².